The summed E-state index contributed by atoms with van der Waals surface area (Å²) >= 11 is 0. The Labute approximate surface area is 153 Å². The zero-order valence-electron chi connectivity index (χ0n) is 15.2. The summed E-state index contributed by atoms with van der Waals surface area (Å²) in [6, 6.07) is 7.50. The van der Waals surface area contributed by atoms with Crippen molar-refractivity contribution in [1.82, 2.24) is 0 Å². The summed E-state index contributed by atoms with van der Waals surface area (Å²) in [5.41, 5.74) is 4.56. The molecule has 0 aliphatic rings. The first-order valence-corrected chi connectivity index (χ1v) is 10.0. The molecule has 0 bridgehead atoms. The highest BCUT2D eigenvalue weighted by atomic mass is 31.2. The zero-order valence-corrected chi connectivity index (χ0v) is 16.1. The van der Waals surface area contributed by atoms with Crippen molar-refractivity contribution in [3.8, 4) is 0 Å². The maximum absolute atomic E-state index is 12.6. The molecule has 0 amide bonds. The third-order valence-electron chi connectivity index (χ3n) is 3.89. The van der Waals surface area contributed by atoms with Crippen LogP contribution in [0.3, 0.4) is 0 Å². The molecule has 8 nitrogen and oxygen atoms in total. The van der Waals surface area contributed by atoms with Crippen molar-refractivity contribution in [1.29, 1.82) is 0 Å². The van der Waals surface area contributed by atoms with Gasteiger partial charge in [-0.3, -0.25) is 14.2 Å². The van der Waals surface area contributed by atoms with Gasteiger partial charge in [0.15, 0.2) is 5.41 Å². The second-order valence-electron chi connectivity index (χ2n) is 5.80. The number of hydrogen-bond acceptors (Lipinski definition) is 7. The summed E-state index contributed by atoms with van der Waals surface area (Å²) in [5.74, 6) is -2.48. The first-order chi connectivity index (χ1) is 12.2. The molecule has 3 N–H and O–H groups in total. The van der Waals surface area contributed by atoms with Gasteiger partial charge in [-0.1, -0.05) is 30.3 Å². The van der Waals surface area contributed by atoms with Gasteiger partial charge < -0.3 is 24.6 Å². The predicted molar refractivity (Wildman–Crippen MR) is 95.7 cm³/mol. The van der Waals surface area contributed by atoms with E-state index in [9.17, 15) is 19.3 Å². The highest BCUT2D eigenvalue weighted by Crippen LogP contribution is 2.50. The summed E-state index contributed by atoms with van der Waals surface area (Å²) < 4.78 is 28.0. The zero-order chi connectivity index (χ0) is 19.8. The summed E-state index contributed by atoms with van der Waals surface area (Å²) in [6.45, 7) is 4.52. The molecule has 0 fully saturated rings. The van der Waals surface area contributed by atoms with E-state index in [2.05, 4.69) is 0 Å². The van der Waals surface area contributed by atoms with Gasteiger partial charge in [0.05, 0.1) is 19.4 Å². The van der Waals surface area contributed by atoms with Crippen molar-refractivity contribution in [3.05, 3.63) is 35.9 Å². The Morgan fingerprint density at radius 3 is 2.19 bits per heavy atom. The van der Waals surface area contributed by atoms with E-state index in [-0.39, 0.29) is 19.8 Å². The third kappa shape index (κ3) is 5.64. The van der Waals surface area contributed by atoms with Crippen LogP contribution < -0.4 is 5.73 Å². The van der Waals surface area contributed by atoms with Crippen LogP contribution in [0.4, 0.5) is 0 Å². The number of hydrogen-bond donors (Lipinski definition) is 2. The summed E-state index contributed by atoms with van der Waals surface area (Å²) in [6.07, 6.45) is -0.419. The fraction of sp³-hybridized carbons (Fsp3) is 0.529. The van der Waals surface area contributed by atoms with E-state index < -0.39 is 37.2 Å². The van der Waals surface area contributed by atoms with E-state index in [0.717, 1.165) is 6.92 Å². The normalized spacial score (nSPS) is 15.1. The van der Waals surface area contributed by atoms with Crippen LogP contribution in [0.15, 0.2) is 30.3 Å². The molecule has 1 aromatic carbocycles. The lowest BCUT2D eigenvalue weighted by molar-refractivity contribution is -0.169. The molecule has 0 saturated carbocycles. The van der Waals surface area contributed by atoms with Crippen LogP contribution in [0.5, 0.6) is 0 Å². The van der Waals surface area contributed by atoms with Crippen molar-refractivity contribution in [2.45, 2.75) is 33.4 Å². The predicted octanol–water partition coefficient (Wildman–Crippen LogP) is 2.41. The van der Waals surface area contributed by atoms with Gasteiger partial charge in [0.2, 0.25) is 0 Å². The largest absolute Gasteiger partial charge is 0.480 e. The van der Waals surface area contributed by atoms with Gasteiger partial charge in [0.25, 0.3) is 0 Å². The fourth-order valence-corrected chi connectivity index (χ4v) is 4.15. The number of carbonyl (C=O) groups is 2. The van der Waals surface area contributed by atoms with Crippen LogP contribution >= 0.6 is 7.60 Å². The minimum atomic E-state index is -3.62. The minimum absolute atomic E-state index is 0.0934. The van der Waals surface area contributed by atoms with Crippen molar-refractivity contribution < 1.29 is 33.0 Å². The highest BCUT2D eigenvalue weighted by Gasteiger charge is 2.51. The Balaban J connectivity index is 2.93. The smallest absolute Gasteiger partial charge is 0.332 e. The molecular weight excluding hydrogens is 361 g/mol. The quantitative estimate of drug-likeness (QED) is 0.337. The van der Waals surface area contributed by atoms with Crippen molar-refractivity contribution in [2.75, 3.05) is 19.4 Å². The number of nitrogens with two attached hydrogens (primary N) is 1. The second kappa shape index (κ2) is 9.83. The molecule has 26 heavy (non-hydrogen) atoms. The summed E-state index contributed by atoms with van der Waals surface area (Å²) in [4.78, 5) is 24.2. The first-order valence-electron chi connectivity index (χ1n) is 8.27. The highest BCUT2D eigenvalue weighted by molar-refractivity contribution is 7.53. The molecule has 146 valence electrons. The Hall–Kier alpha value is -1.73. The monoisotopic (exact) mass is 387 g/mol. The van der Waals surface area contributed by atoms with Crippen LogP contribution in [-0.4, -0.2) is 42.5 Å². The Kier molecular flexibility index (Phi) is 8.43. The Morgan fingerprint density at radius 2 is 1.73 bits per heavy atom. The number of esters is 1. The van der Waals surface area contributed by atoms with E-state index >= 15 is 0 Å². The van der Waals surface area contributed by atoms with Crippen molar-refractivity contribution >= 4 is 19.5 Å². The lowest BCUT2D eigenvalue weighted by Gasteiger charge is -2.31. The van der Waals surface area contributed by atoms with Crippen LogP contribution in [0, 0.1) is 5.41 Å². The van der Waals surface area contributed by atoms with Crippen LogP contribution in [0.1, 0.15) is 26.3 Å². The number of carboxylic acid groups (broad SMARTS) is 1. The lowest BCUT2D eigenvalue weighted by atomic mass is 9.83. The second-order valence-corrected chi connectivity index (χ2v) is 7.91. The summed E-state index contributed by atoms with van der Waals surface area (Å²) in [5, 5.41) is 9.58. The molecule has 0 aromatic heterocycles. The van der Waals surface area contributed by atoms with E-state index in [1.165, 1.54) is 0 Å². The van der Waals surface area contributed by atoms with E-state index in [4.69, 9.17) is 19.5 Å². The number of aliphatic carboxylic acids is 1. The SMILES string of the molecule is CCOP(=O)(CC(N)C(C)(C(=O)O)C(=O)OCc1ccccc1)OCC. The molecular formula is C17H26NO7P. The maximum atomic E-state index is 12.6. The molecule has 9 heteroatoms. The van der Waals surface area contributed by atoms with Crippen molar-refractivity contribution in [2.24, 2.45) is 11.1 Å². The molecule has 0 aliphatic heterocycles. The standard InChI is InChI=1S/C17H26NO7P/c1-4-24-26(22,25-5-2)12-14(18)17(3,15(19)20)16(21)23-11-13-9-7-6-8-10-13/h6-10,14H,4-5,11-12,18H2,1-3H3,(H,19,20). The number of benzene rings is 1. The van der Waals surface area contributed by atoms with Gasteiger partial charge in [-0.25, -0.2) is 0 Å². The van der Waals surface area contributed by atoms with Gasteiger partial charge >= 0.3 is 19.5 Å². The molecule has 0 saturated heterocycles. The topological polar surface area (TPSA) is 125 Å². The fourth-order valence-electron chi connectivity index (χ4n) is 2.23. The molecule has 2 atom stereocenters. The summed E-state index contributed by atoms with van der Waals surface area (Å²) in [7, 11) is -3.62. The third-order valence-corrected chi connectivity index (χ3v) is 6.04. The lowest BCUT2D eigenvalue weighted by Crippen LogP contribution is -2.53. The van der Waals surface area contributed by atoms with Crippen LogP contribution in [0.2, 0.25) is 0 Å². The average Bonchev–Trinajstić information content (AvgIpc) is 2.59. The van der Waals surface area contributed by atoms with E-state index in [1.54, 1.807) is 38.1 Å². The number of ether oxygens (including phenoxy) is 1. The van der Waals surface area contributed by atoms with E-state index in [0.29, 0.717) is 5.56 Å². The molecule has 0 radical (unpaired) electrons. The van der Waals surface area contributed by atoms with Gasteiger partial charge in [0.1, 0.15) is 6.61 Å². The molecule has 0 heterocycles. The Bertz CT molecular complexity index is 642. The number of rotatable bonds is 11. The molecule has 2 unspecified atom stereocenters. The first kappa shape index (κ1) is 22.3. The average molecular weight is 387 g/mol. The van der Waals surface area contributed by atoms with Gasteiger partial charge in [0, 0.05) is 6.04 Å². The maximum Gasteiger partial charge on any atom is 0.332 e. The van der Waals surface area contributed by atoms with Crippen molar-refractivity contribution in [3.63, 3.8) is 0 Å². The van der Waals surface area contributed by atoms with E-state index in [1.807, 2.05) is 6.07 Å². The van der Waals surface area contributed by atoms with Gasteiger partial charge in [-0.05, 0) is 26.3 Å². The molecule has 1 rings (SSSR count). The van der Waals surface area contributed by atoms with Gasteiger partial charge in [-0.15, -0.1) is 0 Å². The number of carbonyl (C=O) groups excluding carboxylic acids is 1. The van der Waals surface area contributed by atoms with Gasteiger partial charge in [-0.2, -0.15) is 0 Å². The minimum Gasteiger partial charge on any atom is -0.480 e. The van der Waals surface area contributed by atoms with Crippen LogP contribution in [0.25, 0.3) is 0 Å². The number of carboxylic acids is 1. The molecule has 1 aromatic rings. The van der Waals surface area contributed by atoms with Crippen LogP contribution in [-0.2, 0) is 34.5 Å². The molecule has 0 spiro atoms. The Morgan fingerprint density at radius 1 is 1.19 bits per heavy atom. The molecule has 0 aliphatic carbocycles.